The van der Waals surface area contributed by atoms with E-state index in [9.17, 15) is 9.59 Å². The van der Waals surface area contributed by atoms with Crippen LogP contribution in [0.5, 0.6) is 5.75 Å². The van der Waals surface area contributed by atoms with Crippen molar-refractivity contribution in [2.75, 3.05) is 7.11 Å². The Morgan fingerprint density at radius 1 is 1.38 bits per heavy atom. The van der Waals surface area contributed by atoms with Crippen LogP contribution < -0.4 is 10.1 Å². The number of nitrogens with one attached hydrogen (secondary N) is 1. The number of benzene rings is 1. The first kappa shape index (κ1) is 17.0. The third-order valence-corrected chi connectivity index (χ3v) is 2.84. The van der Waals surface area contributed by atoms with Gasteiger partial charge in [0, 0.05) is 6.42 Å². The van der Waals surface area contributed by atoms with Crippen molar-refractivity contribution in [3.63, 3.8) is 0 Å². The summed E-state index contributed by atoms with van der Waals surface area (Å²) in [5, 5.41) is 2.72. The molecule has 1 atom stereocenters. The average molecular weight is 293 g/mol. The monoisotopic (exact) mass is 293 g/mol. The normalized spacial score (nSPS) is 12.4. The molecular formula is C16H23NO4. The first-order valence-electron chi connectivity index (χ1n) is 6.84. The maximum atomic E-state index is 11.9. The van der Waals surface area contributed by atoms with E-state index >= 15 is 0 Å². The minimum Gasteiger partial charge on any atom is -0.496 e. The van der Waals surface area contributed by atoms with Crippen LogP contribution in [0.4, 0.5) is 4.79 Å². The molecule has 1 aromatic carbocycles. The van der Waals surface area contributed by atoms with E-state index in [4.69, 9.17) is 9.47 Å². The second-order valence-corrected chi connectivity index (χ2v) is 5.83. The van der Waals surface area contributed by atoms with Gasteiger partial charge in [0.2, 0.25) is 0 Å². The summed E-state index contributed by atoms with van der Waals surface area (Å²) in [5.41, 5.74) is 1.20. The zero-order valence-electron chi connectivity index (χ0n) is 13.2. The lowest BCUT2D eigenvalue weighted by Gasteiger charge is -2.23. The Morgan fingerprint density at radius 2 is 2.05 bits per heavy atom. The van der Waals surface area contributed by atoms with E-state index in [1.807, 2.05) is 25.1 Å². The summed E-state index contributed by atoms with van der Waals surface area (Å²) < 4.78 is 10.4. The van der Waals surface area contributed by atoms with Crippen LogP contribution in [0, 0.1) is 6.92 Å². The number of ether oxygens (including phenoxy) is 2. The summed E-state index contributed by atoms with van der Waals surface area (Å²) in [4.78, 5) is 22.7. The molecule has 0 saturated heterocycles. The molecule has 1 N–H and O–H groups in total. The van der Waals surface area contributed by atoms with E-state index in [1.54, 1.807) is 27.9 Å². The van der Waals surface area contributed by atoms with Crippen molar-refractivity contribution in [2.24, 2.45) is 0 Å². The van der Waals surface area contributed by atoms with Gasteiger partial charge in [-0.1, -0.05) is 12.1 Å². The van der Waals surface area contributed by atoms with E-state index in [-0.39, 0.29) is 6.42 Å². The molecule has 1 amide bonds. The summed E-state index contributed by atoms with van der Waals surface area (Å²) >= 11 is 0. The molecule has 0 aliphatic heterocycles. The molecule has 0 spiro atoms. The van der Waals surface area contributed by atoms with Gasteiger partial charge in [-0.15, -0.1) is 0 Å². The van der Waals surface area contributed by atoms with Crippen LogP contribution in [0.3, 0.4) is 0 Å². The summed E-state index contributed by atoms with van der Waals surface area (Å²) in [7, 11) is 1.60. The molecule has 0 radical (unpaired) electrons. The van der Waals surface area contributed by atoms with Crippen molar-refractivity contribution in [2.45, 2.75) is 45.8 Å². The number of carbonyl (C=O) groups excluding carboxylic acids is 2. The van der Waals surface area contributed by atoms with Crippen LogP contribution >= 0.6 is 0 Å². The summed E-state index contributed by atoms with van der Waals surface area (Å²) in [6, 6.07) is 5.13. The number of alkyl carbamates (subject to hydrolysis) is 1. The van der Waals surface area contributed by atoms with E-state index < -0.39 is 17.7 Å². The fourth-order valence-corrected chi connectivity index (χ4v) is 1.94. The number of aldehydes is 1. The minimum atomic E-state index is -0.578. The predicted molar refractivity (Wildman–Crippen MR) is 80.5 cm³/mol. The number of amides is 1. The highest BCUT2D eigenvalue weighted by atomic mass is 16.6. The van der Waals surface area contributed by atoms with Crippen molar-refractivity contribution in [1.29, 1.82) is 0 Å². The van der Waals surface area contributed by atoms with Crippen LogP contribution in [-0.2, 0) is 9.53 Å². The lowest BCUT2D eigenvalue weighted by Crippen LogP contribution is -2.35. The maximum Gasteiger partial charge on any atom is 0.408 e. The van der Waals surface area contributed by atoms with Crippen LogP contribution in [0.25, 0.3) is 0 Å². The Kier molecular flexibility index (Phi) is 5.76. The van der Waals surface area contributed by atoms with E-state index in [0.29, 0.717) is 0 Å². The molecule has 21 heavy (non-hydrogen) atoms. The average Bonchev–Trinajstić information content (AvgIpc) is 2.36. The number of rotatable bonds is 5. The first-order chi connectivity index (χ1) is 9.76. The molecule has 0 aromatic heterocycles. The Hall–Kier alpha value is -2.04. The number of carbonyl (C=O) groups is 2. The van der Waals surface area contributed by atoms with Gasteiger partial charge in [0.25, 0.3) is 0 Å². The zero-order chi connectivity index (χ0) is 16.0. The van der Waals surface area contributed by atoms with Crippen LogP contribution in [0.1, 0.15) is 44.4 Å². The fraction of sp³-hybridized carbons (Fsp3) is 0.500. The molecular weight excluding hydrogens is 270 g/mol. The molecule has 116 valence electrons. The zero-order valence-corrected chi connectivity index (χ0v) is 13.2. The summed E-state index contributed by atoms with van der Waals surface area (Å²) in [6.45, 7) is 7.28. The Labute approximate surface area is 125 Å². The quantitative estimate of drug-likeness (QED) is 0.847. The predicted octanol–water partition coefficient (Wildman–Crippen LogP) is 3.16. The van der Waals surface area contributed by atoms with Gasteiger partial charge >= 0.3 is 6.09 Å². The molecule has 0 unspecified atom stereocenters. The van der Waals surface area contributed by atoms with E-state index in [0.717, 1.165) is 23.2 Å². The molecule has 5 heteroatoms. The topological polar surface area (TPSA) is 64.6 Å². The van der Waals surface area contributed by atoms with E-state index in [1.165, 1.54) is 0 Å². The van der Waals surface area contributed by atoms with Crippen molar-refractivity contribution in [1.82, 2.24) is 5.32 Å². The Morgan fingerprint density at radius 3 is 2.52 bits per heavy atom. The third kappa shape index (κ3) is 5.45. The summed E-state index contributed by atoms with van der Waals surface area (Å²) in [6.07, 6.45) is 0.426. The second kappa shape index (κ2) is 7.11. The molecule has 1 aromatic rings. The lowest BCUT2D eigenvalue weighted by molar-refractivity contribution is -0.108. The van der Waals surface area contributed by atoms with Gasteiger partial charge in [-0.05, 0) is 44.9 Å². The Balaban J connectivity index is 2.89. The second-order valence-electron chi connectivity index (χ2n) is 5.83. The molecule has 0 aliphatic carbocycles. The van der Waals surface area contributed by atoms with Gasteiger partial charge < -0.3 is 19.6 Å². The Bertz CT molecular complexity index is 505. The fourth-order valence-electron chi connectivity index (χ4n) is 1.94. The van der Waals surface area contributed by atoms with Crippen LogP contribution in [0.2, 0.25) is 0 Å². The standard InChI is InChI=1S/C16H23NO4/c1-11-10-12(6-7-14(11)20-5)13(8-9-18)17-15(19)21-16(2,3)4/h6-7,9-10,13H,8H2,1-5H3,(H,17,19)/t13-/m1/s1. The van der Waals surface area contributed by atoms with Crippen molar-refractivity contribution in [3.8, 4) is 5.75 Å². The molecule has 0 bridgehead atoms. The van der Waals surface area contributed by atoms with Crippen molar-refractivity contribution in [3.05, 3.63) is 29.3 Å². The van der Waals surface area contributed by atoms with Gasteiger partial charge in [-0.2, -0.15) is 0 Å². The number of hydrogen-bond donors (Lipinski definition) is 1. The van der Waals surface area contributed by atoms with Gasteiger partial charge in [0.05, 0.1) is 13.2 Å². The number of methoxy groups -OCH3 is 1. The van der Waals surface area contributed by atoms with Gasteiger partial charge in [-0.25, -0.2) is 4.79 Å². The van der Waals surface area contributed by atoms with Crippen molar-refractivity contribution < 1.29 is 19.1 Å². The number of hydrogen-bond acceptors (Lipinski definition) is 4. The highest BCUT2D eigenvalue weighted by Crippen LogP contribution is 2.24. The van der Waals surface area contributed by atoms with Crippen LogP contribution in [0.15, 0.2) is 18.2 Å². The molecule has 0 saturated carbocycles. The van der Waals surface area contributed by atoms with Gasteiger partial charge in [0.15, 0.2) is 0 Å². The maximum absolute atomic E-state index is 11.9. The lowest BCUT2D eigenvalue weighted by atomic mass is 10.0. The number of aryl methyl sites for hydroxylation is 1. The van der Waals surface area contributed by atoms with E-state index in [2.05, 4.69) is 5.32 Å². The summed E-state index contributed by atoms with van der Waals surface area (Å²) in [5.74, 6) is 0.765. The third-order valence-electron chi connectivity index (χ3n) is 2.84. The minimum absolute atomic E-state index is 0.186. The smallest absolute Gasteiger partial charge is 0.408 e. The first-order valence-corrected chi connectivity index (χ1v) is 6.84. The highest BCUT2D eigenvalue weighted by molar-refractivity contribution is 5.69. The molecule has 0 aliphatic rings. The molecule has 5 nitrogen and oxygen atoms in total. The largest absolute Gasteiger partial charge is 0.496 e. The molecule has 1 rings (SSSR count). The SMILES string of the molecule is COc1ccc([C@@H](CC=O)NC(=O)OC(C)(C)C)cc1C. The molecule has 0 fully saturated rings. The molecule has 0 heterocycles. The van der Waals surface area contributed by atoms with Crippen molar-refractivity contribution >= 4 is 12.4 Å². The van der Waals surface area contributed by atoms with Crippen LogP contribution in [-0.4, -0.2) is 25.1 Å². The highest BCUT2D eigenvalue weighted by Gasteiger charge is 2.20. The van der Waals surface area contributed by atoms with Gasteiger partial charge in [0.1, 0.15) is 17.6 Å². The van der Waals surface area contributed by atoms with Gasteiger partial charge in [-0.3, -0.25) is 0 Å².